The van der Waals surface area contributed by atoms with Crippen LogP contribution in [0.1, 0.15) is 21.5 Å². The second-order valence-corrected chi connectivity index (χ2v) is 6.70. The van der Waals surface area contributed by atoms with Crippen molar-refractivity contribution >= 4 is 15.7 Å². The summed E-state index contributed by atoms with van der Waals surface area (Å²) in [5, 5.41) is 9.20. The Balaban J connectivity index is 1.97. The Kier molecular flexibility index (Phi) is 4.19. The van der Waals surface area contributed by atoms with Crippen LogP contribution in [-0.2, 0) is 22.1 Å². The van der Waals surface area contributed by atoms with Crippen molar-refractivity contribution in [2.75, 3.05) is 6.26 Å². The quantitative estimate of drug-likeness (QED) is 0.856. The number of aromatic amines is 1. The molecule has 0 aliphatic heterocycles. The summed E-state index contributed by atoms with van der Waals surface area (Å²) >= 11 is 0. The fraction of sp³-hybridized carbons (Fsp3) is 0.231. The highest BCUT2D eigenvalue weighted by molar-refractivity contribution is 7.89. The van der Waals surface area contributed by atoms with Gasteiger partial charge in [0.05, 0.1) is 11.9 Å². The molecule has 1 heterocycles. The van der Waals surface area contributed by atoms with E-state index in [0.29, 0.717) is 17.7 Å². The monoisotopic (exact) mass is 293 g/mol. The van der Waals surface area contributed by atoms with Gasteiger partial charge < -0.3 is 5.32 Å². The maximum Gasteiger partial charge on any atom is 0.251 e. The number of carbonyl (C=O) groups is 1. The third-order valence-corrected chi connectivity index (χ3v) is 3.51. The number of nitrogens with one attached hydrogen (secondary N) is 2. The molecule has 1 amide bonds. The lowest BCUT2D eigenvalue weighted by Crippen LogP contribution is -2.22. The maximum atomic E-state index is 11.9. The number of H-pyrrole nitrogens is 1. The number of hydrogen-bond acceptors (Lipinski definition) is 4. The summed E-state index contributed by atoms with van der Waals surface area (Å²) in [6.07, 6.45) is 4.52. The summed E-state index contributed by atoms with van der Waals surface area (Å²) < 4.78 is 22.3. The van der Waals surface area contributed by atoms with Crippen molar-refractivity contribution in [3.63, 3.8) is 0 Å². The zero-order chi connectivity index (χ0) is 14.6. The second-order valence-electron chi connectivity index (χ2n) is 4.56. The topological polar surface area (TPSA) is 91.9 Å². The Morgan fingerprint density at radius 1 is 1.25 bits per heavy atom. The summed E-state index contributed by atoms with van der Waals surface area (Å²) in [7, 11) is -3.06. The average molecular weight is 293 g/mol. The minimum absolute atomic E-state index is 0.0239. The Morgan fingerprint density at radius 3 is 2.50 bits per heavy atom. The standard InChI is InChI=1S/C13H15N3O3S/c1-20(18,19)9-10-2-4-12(5-3-10)13(17)14-6-11-7-15-16-8-11/h2-5,7-8H,6,9H2,1H3,(H,14,17)(H,15,16). The van der Waals surface area contributed by atoms with Crippen LogP contribution in [-0.4, -0.2) is 30.8 Å². The van der Waals surface area contributed by atoms with E-state index in [-0.39, 0.29) is 11.7 Å². The molecule has 2 aromatic rings. The fourth-order valence-electron chi connectivity index (χ4n) is 1.71. The van der Waals surface area contributed by atoms with Crippen molar-refractivity contribution < 1.29 is 13.2 Å². The van der Waals surface area contributed by atoms with E-state index in [9.17, 15) is 13.2 Å². The first-order valence-corrected chi connectivity index (χ1v) is 8.02. The van der Waals surface area contributed by atoms with Crippen molar-refractivity contribution in [3.8, 4) is 0 Å². The van der Waals surface area contributed by atoms with E-state index in [4.69, 9.17) is 0 Å². The van der Waals surface area contributed by atoms with Gasteiger partial charge in [-0.1, -0.05) is 12.1 Å². The Morgan fingerprint density at radius 2 is 1.95 bits per heavy atom. The first-order chi connectivity index (χ1) is 9.44. The molecule has 0 atom stereocenters. The van der Waals surface area contributed by atoms with Gasteiger partial charge >= 0.3 is 0 Å². The lowest BCUT2D eigenvalue weighted by molar-refractivity contribution is 0.0951. The Hall–Kier alpha value is -2.15. The number of aromatic nitrogens is 2. The number of nitrogens with zero attached hydrogens (tertiary/aromatic N) is 1. The number of hydrogen-bond donors (Lipinski definition) is 2. The van der Waals surface area contributed by atoms with Crippen LogP contribution in [0.4, 0.5) is 0 Å². The third kappa shape index (κ3) is 4.20. The van der Waals surface area contributed by atoms with E-state index >= 15 is 0 Å². The van der Waals surface area contributed by atoms with Crippen molar-refractivity contribution in [1.29, 1.82) is 0 Å². The van der Waals surface area contributed by atoms with Crippen LogP contribution in [0.25, 0.3) is 0 Å². The molecule has 1 aromatic heterocycles. The van der Waals surface area contributed by atoms with Crippen molar-refractivity contribution in [2.45, 2.75) is 12.3 Å². The van der Waals surface area contributed by atoms with Crippen LogP contribution in [0.5, 0.6) is 0 Å². The average Bonchev–Trinajstić information content (AvgIpc) is 2.88. The molecule has 0 aliphatic rings. The molecule has 2 rings (SSSR count). The van der Waals surface area contributed by atoms with Gasteiger partial charge in [0, 0.05) is 30.1 Å². The van der Waals surface area contributed by atoms with E-state index < -0.39 is 9.84 Å². The minimum atomic E-state index is -3.06. The smallest absolute Gasteiger partial charge is 0.251 e. The van der Waals surface area contributed by atoms with E-state index in [1.54, 1.807) is 36.7 Å². The molecule has 0 fully saturated rings. The molecular weight excluding hydrogens is 278 g/mol. The Labute approximate surface area is 117 Å². The summed E-state index contributed by atoms with van der Waals surface area (Å²) in [5.74, 6) is -0.235. The molecule has 0 saturated heterocycles. The van der Waals surface area contributed by atoms with Crippen molar-refractivity contribution in [2.24, 2.45) is 0 Å². The van der Waals surface area contributed by atoms with E-state index in [1.165, 1.54) is 6.26 Å². The van der Waals surface area contributed by atoms with Gasteiger partial charge in [-0.25, -0.2) is 8.42 Å². The highest BCUT2D eigenvalue weighted by Crippen LogP contribution is 2.08. The van der Waals surface area contributed by atoms with Gasteiger partial charge in [-0.3, -0.25) is 9.89 Å². The molecule has 2 N–H and O–H groups in total. The van der Waals surface area contributed by atoms with E-state index in [2.05, 4.69) is 15.5 Å². The summed E-state index contributed by atoms with van der Waals surface area (Å²) in [6.45, 7) is 0.389. The first-order valence-electron chi connectivity index (χ1n) is 5.96. The SMILES string of the molecule is CS(=O)(=O)Cc1ccc(C(=O)NCc2cn[nH]c2)cc1. The van der Waals surface area contributed by atoms with Gasteiger partial charge in [0.25, 0.3) is 5.91 Å². The first kappa shape index (κ1) is 14.3. The maximum absolute atomic E-state index is 11.9. The molecule has 1 aromatic carbocycles. The minimum Gasteiger partial charge on any atom is -0.348 e. The lowest BCUT2D eigenvalue weighted by Gasteiger charge is -2.05. The molecule has 0 radical (unpaired) electrons. The molecule has 20 heavy (non-hydrogen) atoms. The normalized spacial score (nSPS) is 11.2. The van der Waals surface area contributed by atoms with Gasteiger partial charge in [-0.05, 0) is 17.7 Å². The summed E-state index contributed by atoms with van der Waals surface area (Å²) in [5.41, 5.74) is 2.04. The van der Waals surface area contributed by atoms with Crippen LogP contribution >= 0.6 is 0 Å². The molecule has 0 spiro atoms. The molecule has 0 unspecified atom stereocenters. The number of carbonyl (C=O) groups excluding carboxylic acids is 1. The number of rotatable bonds is 5. The van der Waals surface area contributed by atoms with Gasteiger partial charge in [0.15, 0.2) is 9.84 Å². The molecule has 0 saturated carbocycles. The van der Waals surface area contributed by atoms with Crippen molar-refractivity contribution in [3.05, 3.63) is 53.3 Å². The summed E-state index contributed by atoms with van der Waals surface area (Å²) in [4.78, 5) is 11.9. The van der Waals surface area contributed by atoms with Crippen molar-refractivity contribution in [1.82, 2.24) is 15.5 Å². The molecule has 106 valence electrons. The second kappa shape index (κ2) is 5.87. The highest BCUT2D eigenvalue weighted by Gasteiger charge is 2.08. The highest BCUT2D eigenvalue weighted by atomic mass is 32.2. The van der Waals surface area contributed by atoms with Gasteiger partial charge in [0.1, 0.15) is 0 Å². The van der Waals surface area contributed by atoms with E-state index in [1.807, 2.05) is 0 Å². The fourth-order valence-corrected chi connectivity index (χ4v) is 2.51. The largest absolute Gasteiger partial charge is 0.348 e. The number of benzene rings is 1. The predicted molar refractivity (Wildman–Crippen MR) is 74.7 cm³/mol. The van der Waals surface area contributed by atoms with Gasteiger partial charge in [-0.2, -0.15) is 5.10 Å². The van der Waals surface area contributed by atoms with Crippen LogP contribution < -0.4 is 5.32 Å². The number of amides is 1. The summed E-state index contributed by atoms with van der Waals surface area (Å²) in [6, 6.07) is 6.53. The van der Waals surface area contributed by atoms with E-state index in [0.717, 1.165) is 5.56 Å². The molecular formula is C13H15N3O3S. The van der Waals surface area contributed by atoms with Crippen LogP contribution in [0.2, 0.25) is 0 Å². The van der Waals surface area contributed by atoms with Crippen LogP contribution in [0, 0.1) is 0 Å². The third-order valence-electron chi connectivity index (χ3n) is 2.65. The van der Waals surface area contributed by atoms with Gasteiger partial charge in [-0.15, -0.1) is 0 Å². The zero-order valence-electron chi connectivity index (χ0n) is 11.0. The van der Waals surface area contributed by atoms with Crippen LogP contribution in [0.15, 0.2) is 36.7 Å². The molecule has 6 nitrogen and oxygen atoms in total. The zero-order valence-corrected chi connectivity index (χ0v) is 11.8. The van der Waals surface area contributed by atoms with Crippen LogP contribution in [0.3, 0.4) is 0 Å². The molecule has 0 aliphatic carbocycles. The molecule has 0 bridgehead atoms. The van der Waals surface area contributed by atoms with Gasteiger partial charge in [0.2, 0.25) is 0 Å². The predicted octanol–water partition coefficient (Wildman–Crippen LogP) is 0.884. The number of sulfone groups is 1. The lowest BCUT2D eigenvalue weighted by atomic mass is 10.1. The molecule has 7 heteroatoms. The Bertz CT molecular complexity index is 676.